The van der Waals surface area contributed by atoms with E-state index >= 15 is 0 Å². The van der Waals surface area contributed by atoms with Gasteiger partial charge < -0.3 is 9.64 Å². The molecule has 0 fully saturated rings. The van der Waals surface area contributed by atoms with E-state index in [0.717, 1.165) is 18.7 Å². The minimum Gasteiger partial charge on any atom is -0.484 e. The molecule has 2 heterocycles. The summed E-state index contributed by atoms with van der Waals surface area (Å²) in [5.74, 6) is 0.598. The number of carbonyl (C=O) groups is 1. The molecule has 0 atom stereocenters. The van der Waals surface area contributed by atoms with Crippen LogP contribution in [0.5, 0.6) is 5.75 Å². The molecule has 1 amide bonds. The third kappa shape index (κ3) is 3.35. The monoisotopic (exact) mass is 335 g/mol. The molecule has 1 aliphatic heterocycles. The van der Waals surface area contributed by atoms with Gasteiger partial charge in [0, 0.05) is 19.2 Å². The van der Waals surface area contributed by atoms with Crippen LogP contribution in [0.2, 0.25) is 0 Å². The maximum absolute atomic E-state index is 12.5. The second-order valence-corrected chi connectivity index (χ2v) is 5.87. The predicted octanol–water partition coefficient (Wildman–Crippen LogP) is 1.63. The van der Waals surface area contributed by atoms with Gasteiger partial charge in [-0.3, -0.25) is 4.79 Å². The average molecular weight is 335 g/mol. The summed E-state index contributed by atoms with van der Waals surface area (Å²) in [6, 6.07) is 15.6. The number of benzene rings is 2. The van der Waals surface area contributed by atoms with Crippen LogP contribution in [0.4, 0.5) is 0 Å². The molecule has 2 aromatic carbocycles. The van der Waals surface area contributed by atoms with E-state index in [4.69, 9.17) is 4.74 Å². The third-order valence-electron chi connectivity index (χ3n) is 4.28. The standard InChI is InChI=1S/C18H17N5O2/c24-18(22-9-8-14-4-1-2-5-15(14)11-22)12-25-17-7-3-6-16(10-17)23-13-19-20-21-23/h1-7,10,13H,8-9,11-12H2. The molecule has 0 radical (unpaired) electrons. The molecular formula is C18H17N5O2. The number of hydrogen-bond acceptors (Lipinski definition) is 5. The molecule has 7 nitrogen and oxygen atoms in total. The van der Waals surface area contributed by atoms with Crippen LogP contribution >= 0.6 is 0 Å². The van der Waals surface area contributed by atoms with Gasteiger partial charge in [0.1, 0.15) is 12.1 Å². The van der Waals surface area contributed by atoms with Gasteiger partial charge in [0.15, 0.2) is 6.61 Å². The van der Waals surface area contributed by atoms with E-state index in [2.05, 4.69) is 27.7 Å². The van der Waals surface area contributed by atoms with Crippen molar-refractivity contribution in [3.63, 3.8) is 0 Å². The maximum Gasteiger partial charge on any atom is 0.260 e. The molecular weight excluding hydrogens is 318 g/mol. The van der Waals surface area contributed by atoms with E-state index in [1.807, 2.05) is 35.2 Å². The largest absolute Gasteiger partial charge is 0.484 e. The van der Waals surface area contributed by atoms with Gasteiger partial charge in [-0.15, -0.1) is 5.10 Å². The lowest BCUT2D eigenvalue weighted by atomic mass is 10.00. The van der Waals surface area contributed by atoms with Crippen molar-refractivity contribution in [1.82, 2.24) is 25.1 Å². The summed E-state index contributed by atoms with van der Waals surface area (Å²) in [7, 11) is 0. The highest BCUT2D eigenvalue weighted by Crippen LogP contribution is 2.19. The van der Waals surface area contributed by atoms with Crippen molar-refractivity contribution in [2.24, 2.45) is 0 Å². The molecule has 1 aliphatic rings. The number of carbonyl (C=O) groups excluding carboxylic acids is 1. The first-order valence-corrected chi connectivity index (χ1v) is 8.10. The lowest BCUT2D eigenvalue weighted by Gasteiger charge is -2.28. The van der Waals surface area contributed by atoms with Crippen molar-refractivity contribution in [2.45, 2.75) is 13.0 Å². The number of tetrazole rings is 1. The Bertz CT molecular complexity index is 879. The second kappa shape index (κ2) is 6.72. The van der Waals surface area contributed by atoms with Crippen molar-refractivity contribution in [2.75, 3.05) is 13.2 Å². The van der Waals surface area contributed by atoms with Gasteiger partial charge >= 0.3 is 0 Å². The molecule has 0 aliphatic carbocycles. The van der Waals surface area contributed by atoms with Crippen molar-refractivity contribution >= 4 is 5.91 Å². The molecule has 0 bridgehead atoms. The van der Waals surface area contributed by atoms with E-state index < -0.39 is 0 Å². The number of ether oxygens (including phenoxy) is 1. The van der Waals surface area contributed by atoms with E-state index in [1.165, 1.54) is 22.1 Å². The zero-order chi connectivity index (χ0) is 17.1. The highest BCUT2D eigenvalue weighted by Gasteiger charge is 2.20. The first kappa shape index (κ1) is 15.3. The summed E-state index contributed by atoms with van der Waals surface area (Å²) in [5, 5.41) is 11.1. The predicted molar refractivity (Wildman–Crippen MR) is 90.2 cm³/mol. The second-order valence-electron chi connectivity index (χ2n) is 5.87. The van der Waals surface area contributed by atoms with Crippen LogP contribution in [-0.2, 0) is 17.8 Å². The average Bonchev–Trinajstić information content (AvgIpc) is 3.21. The van der Waals surface area contributed by atoms with Crippen molar-refractivity contribution in [3.05, 3.63) is 66.0 Å². The number of hydrogen-bond donors (Lipinski definition) is 0. The lowest BCUT2D eigenvalue weighted by Crippen LogP contribution is -2.38. The van der Waals surface area contributed by atoms with Crippen molar-refractivity contribution in [3.8, 4) is 11.4 Å². The number of nitrogens with zero attached hydrogens (tertiary/aromatic N) is 5. The van der Waals surface area contributed by atoms with Crippen molar-refractivity contribution in [1.29, 1.82) is 0 Å². The topological polar surface area (TPSA) is 73.1 Å². The Hall–Kier alpha value is -3.22. The number of fused-ring (bicyclic) bond motifs is 1. The van der Waals surface area contributed by atoms with Crippen LogP contribution in [-0.4, -0.2) is 44.2 Å². The molecule has 0 spiro atoms. The molecule has 0 unspecified atom stereocenters. The van der Waals surface area contributed by atoms with E-state index in [0.29, 0.717) is 12.3 Å². The molecule has 3 aromatic rings. The molecule has 0 N–H and O–H groups in total. The molecule has 1 aromatic heterocycles. The minimum atomic E-state index is -0.0117. The van der Waals surface area contributed by atoms with Crippen LogP contribution in [0, 0.1) is 0 Å². The smallest absolute Gasteiger partial charge is 0.260 e. The van der Waals surface area contributed by atoms with Crippen LogP contribution in [0.1, 0.15) is 11.1 Å². The fraction of sp³-hybridized carbons (Fsp3) is 0.222. The zero-order valence-corrected chi connectivity index (χ0v) is 13.6. The quantitative estimate of drug-likeness (QED) is 0.724. The molecule has 0 saturated carbocycles. The van der Waals surface area contributed by atoms with Crippen LogP contribution < -0.4 is 4.74 Å². The Morgan fingerprint density at radius 1 is 1.12 bits per heavy atom. The highest BCUT2D eigenvalue weighted by atomic mass is 16.5. The number of rotatable bonds is 4. The van der Waals surface area contributed by atoms with Crippen LogP contribution in [0.3, 0.4) is 0 Å². The van der Waals surface area contributed by atoms with Crippen LogP contribution in [0.15, 0.2) is 54.9 Å². The fourth-order valence-corrected chi connectivity index (χ4v) is 2.94. The summed E-state index contributed by atoms with van der Waals surface area (Å²) < 4.78 is 7.21. The van der Waals surface area contributed by atoms with Gasteiger partial charge in [0.05, 0.1) is 5.69 Å². The maximum atomic E-state index is 12.5. The van der Waals surface area contributed by atoms with Gasteiger partial charge in [0.2, 0.25) is 0 Å². The lowest BCUT2D eigenvalue weighted by molar-refractivity contribution is -0.134. The Morgan fingerprint density at radius 3 is 2.84 bits per heavy atom. The third-order valence-corrected chi connectivity index (χ3v) is 4.28. The minimum absolute atomic E-state index is 0.0117. The molecule has 126 valence electrons. The van der Waals surface area contributed by atoms with Gasteiger partial charge in [-0.1, -0.05) is 30.3 Å². The molecule has 0 saturated heterocycles. The number of aromatic nitrogens is 4. The Balaban J connectivity index is 1.39. The Morgan fingerprint density at radius 2 is 2.00 bits per heavy atom. The molecule has 7 heteroatoms. The molecule has 4 rings (SSSR count). The van der Waals surface area contributed by atoms with E-state index in [1.54, 1.807) is 6.07 Å². The molecule has 25 heavy (non-hydrogen) atoms. The van der Waals surface area contributed by atoms with Gasteiger partial charge in [-0.2, -0.15) is 0 Å². The summed E-state index contributed by atoms with van der Waals surface area (Å²) >= 11 is 0. The fourth-order valence-electron chi connectivity index (χ4n) is 2.94. The first-order valence-electron chi connectivity index (χ1n) is 8.10. The summed E-state index contributed by atoms with van der Waals surface area (Å²) in [4.78, 5) is 14.3. The highest BCUT2D eigenvalue weighted by molar-refractivity contribution is 5.78. The summed E-state index contributed by atoms with van der Waals surface area (Å²) in [5.41, 5.74) is 3.31. The first-order chi connectivity index (χ1) is 12.3. The summed E-state index contributed by atoms with van der Waals surface area (Å²) in [6.07, 6.45) is 2.39. The van der Waals surface area contributed by atoms with Crippen LogP contribution in [0.25, 0.3) is 5.69 Å². The van der Waals surface area contributed by atoms with Gasteiger partial charge in [-0.25, -0.2) is 4.68 Å². The van der Waals surface area contributed by atoms with E-state index in [-0.39, 0.29) is 12.5 Å². The Kier molecular flexibility index (Phi) is 4.12. The van der Waals surface area contributed by atoms with Crippen molar-refractivity contribution < 1.29 is 9.53 Å². The SMILES string of the molecule is O=C(COc1cccc(-n2cnnn2)c1)N1CCc2ccccc2C1. The normalized spacial score (nSPS) is 13.4. The zero-order valence-electron chi connectivity index (χ0n) is 13.6. The van der Waals surface area contributed by atoms with E-state index in [9.17, 15) is 4.79 Å². The Labute approximate surface area is 144 Å². The van der Waals surface area contributed by atoms with Gasteiger partial charge in [-0.05, 0) is 40.1 Å². The van der Waals surface area contributed by atoms with Gasteiger partial charge in [0.25, 0.3) is 5.91 Å². The summed E-state index contributed by atoms with van der Waals surface area (Å²) in [6.45, 7) is 1.38. The number of amides is 1.